The smallest absolute Gasteiger partial charge is 0.0844 e. The quantitative estimate of drug-likeness (QED) is 0.451. The summed E-state index contributed by atoms with van der Waals surface area (Å²) in [4.78, 5) is 0. The van der Waals surface area contributed by atoms with Gasteiger partial charge in [-0.15, -0.1) is 0 Å². The Kier molecular flexibility index (Phi) is 6.09. The Balaban J connectivity index is 4.71. The van der Waals surface area contributed by atoms with E-state index in [-0.39, 0.29) is 14.6 Å². The topological polar surface area (TPSA) is 0 Å². The third-order valence-corrected chi connectivity index (χ3v) is 2.90. The highest BCUT2D eigenvalue weighted by Gasteiger charge is 2.24. The van der Waals surface area contributed by atoms with Crippen LogP contribution in [0.25, 0.3) is 0 Å². The minimum absolute atomic E-state index is 0.00894. The number of rotatable bonds is 1. The highest BCUT2D eigenvalue weighted by molar-refractivity contribution is 6.73. The minimum Gasteiger partial charge on any atom is -0.0844 e. The SMILES string of the molecule is ClC(=CC(Cl)=C(Cl)Cl)C(Cl)(Cl)Cl. The predicted octanol–water partition coefficient (Wildman–Crippen LogP) is 5.36. The van der Waals surface area contributed by atoms with Crippen LogP contribution >= 0.6 is 81.2 Å². The van der Waals surface area contributed by atoms with Crippen LogP contribution in [0.5, 0.6) is 0 Å². The van der Waals surface area contributed by atoms with Crippen molar-refractivity contribution in [3.63, 3.8) is 0 Å². The largest absolute Gasteiger partial charge is 0.226 e. The molecule has 0 N–H and O–H groups in total. The van der Waals surface area contributed by atoms with Crippen molar-refractivity contribution in [2.45, 2.75) is 3.79 Å². The molecule has 70 valence electrons. The highest BCUT2D eigenvalue weighted by atomic mass is 35.6. The van der Waals surface area contributed by atoms with Crippen molar-refractivity contribution >= 4 is 81.2 Å². The fourth-order valence-corrected chi connectivity index (χ4v) is 0.794. The summed E-state index contributed by atoms with van der Waals surface area (Å²) >= 11 is 37.8. The van der Waals surface area contributed by atoms with Gasteiger partial charge in [-0.1, -0.05) is 81.2 Å². The van der Waals surface area contributed by atoms with Gasteiger partial charge in [-0.25, -0.2) is 0 Å². The van der Waals surface area contributed by atoms with Gasteiger partial charge in [0, 0.05) is 0 Å². The molecule has 0 saturated carbocycles. The molecule has 0 fully saturated rings. The summed E-state index contributed by atoms with van der Waals surface area (Å²) in [6.45, 7) is 0. The van der Waals surface area contributed by atoms with Gasteiger partial charge in [0.1, 0.15) is 4.49 Å². The van der Waals surface area contributed by atoms with Crippen molar-refractivity contribution in [1.29, 1.82) is 0 Å². The Labute approximate surface area is 105 Å². The molecule has 12 heavy (non-hydrogen) atoms. The Bertz CT molecular complexity index is 216. The molecule has 0 spiro atoms. The lowest BCUT2D eigenvalue weighted by molar-refractivity contribution is 1.41. The summed E-state index contributed by atoms with van der Waals surface area (Å²) in [5, 5.41) is -0.0778. The second-order valence-corrected chi connectivity index (χ2v) is 5.64. The first-order chi connectivity index (χ1) is 5.25. The van der Waals surface area contributed by atoms with E-state index in [2.05, 4.69) is 0 Å². The summed E-state index contributed by atoms with van der Waals surface area (Å²) in [6.07, 6.45) is 1.16. The van der Waals surface area contributed by atoms with Crippen LogP contribution in [0, 0.1) is 0 Å². The van der Waals surface area contributed by atoms with E-state index in [9.17, 15) is 0 Å². The summed E-state index contributed by atoms with van der Waals surface area (Å²) in [7, 11) is 0. The summed E-state index contributed by atoms with van der Waals surface area (Å²) in [5.41, 5.74) is 0. The molecule has 0 atom stereocenters. The Morgan fingerprint density at radius 3 is 1.58 bits per heavy atom. The highest BCUT2D eigenvalue weighted by Crippen LogP contribution is 2.38. The molecule has 0 aromatic heterocycles. The van der Waals surface area contributed by atoms with Crippen LogP contribution in [0.4, 0.5) is 0 Å². The van der Waals surface area contributed by atoms with Gasteiger partial charge >= 0.3 is 0 Å². The van der Waals surface area contributed by atoms with Gasteiger partial charge in [0.2, 0.25) is 3.79 Å². The average molecular weight is 309 g/mol. The zero-order valence-electron chi connectivity index (χ0n) is 5.22. The van der Waals surface area contributed by atoms with Crippen molar-refractivity contribution in [2.24, 2.45) is 0 Å². The van der Waals surface area contributed by atoms with Crippen molar-refractivity contribution in [2.75, 3.05) is 0 Å². The fourth-order valence-electron chi connectivity index (χ4n) is 0.248. The Hall–Kier alpha value is 1.51. The molecule has 0 aliphatic heterocycles. The molecule has 0 heterocycles. The summed E-state index contributed by atoms with van der Waals surface area (Å²) in [6, 6.07) is 0. The van der Waals surface area contributed by atoms with Crippen LogP contribution in [0.15, 0.2) is 20.6 Å². The number of halogens is 7. The van der Waals surface area contributed by atoms with Crippen LogP contribution < -0.4 is 0 Å². The first-order valence-corrected chi connectivity index (χ1v) is 5.05. The minimum atomic E-state index is -1.72. The summed E-state index contributed by atoms with van der Waals surface area (Å²) < 4.78 is -1.87. The molecule has 0 saturated heterocycles. The molecule has 0 aliphatic carbocycles. The summed E-state index contributed by atoms with van der Waals surface area (Å²) in [5.74, 6) is 0. The zero-order chi connectivity index (χ0) is 9.94. The van der Waals surface area contributed by atoms with Crippen LogP contribution in [-0.4, -0.2) is 3.79 Å². The van der Waals surface area contributed by atoms with Gasteiger partial charge in [0.05, 0.1) is 10.1 Å². The maximum atomic E-state index is 5.53. The van der Waals surface area contributed by atoms with Crippen LogP contribution in [0.2, 0.25) is 0 Å². The van der Waals surface area contributed by atoms with Crippen molar-refractivity contribution in [3.05, 3.63) is 20.6 Å². The van der Waals surface area contributed by atoms with E-state index < -0.39 is 3.79 Å². The third-order valence-electron chi connectivity index (χ3n) is 0.705. The van der Waals surface area contributed by atoms with Gasteiger partial charge in [0.15, 0.2) is 0 Å². The fraction of sp³-hybridized carbons (Fsp3) is 0.200. The Morgan fingerprint density at radius 1 is 0.917 bits per heavy atom. The van der Waals surface area contributed by atoms with Gasteiger partial charge in [0.25, 0.3) is 0 Å². The number of alkyl halides is 3. The van der Waals surface area contributed by atoms with Gasteiger partial charge < -0.3 is 0 Å². The first-order valence-electron chi connectivity index (χ1n) is 2.40. The van der Waals surface area contributed by atoms with Crippen molar-refractivity contribution in [3.8, 4) is 0 Å². The van der Waals surface area contributed by atoms with Crippen LogP contribution in [0.1, 0.15) is 0 Å². The van der Waals surface area contributed by atoms with Crippen molar-refractivity contribution in [1.82, 2.24) is 0 Å². The molecule has 7 heteroatoms. The molecular weight excluding hydrogens is 308 g/mol. The molecule has 0 aromatic carbocycles. The lowest BCUT2D eigenvalue weighted by atomic mass is 10.5. The number of hydrogen-bond donors (Lipinski definition) is 0. The third kappa shape index (κ3) is 5.29. The van der Waals surface area contributed by atoms with E-state index >= 15 is 0 Å². The average Bonchev–Trinajstić information content (AvgIpc) is 1.85. The van der Waals surface area contributed by atoms with E-state index in [0.717, 1.165) is 6.08 Å². The first kappa shape index (κ1) is 13.5. The van der Waals surface area contributed by atoms with E-state index in [1.54, 1.807) is 0 Å². The monoisotopic (exact) mass is 306 g/mol. The lowest BCUT2D eigenvalue weighted by Gasteiger charge is -2.08. The molecule has 0 rings (SSSR count). The molecule has 0 nitrogen and oxygen atoms in total. The number of hydrogen-bond acceptors (Lipinski definition) is 0. The maximum absolute atomic E-state index is 5.53. The van der Waals surface area contributed by atoms with Crippen molar-refractivity contribution < 1.29 is 0 Å². The van der Waals surface area contributed by atoms with Gasteiger partial charge in [-0.3, -0.25) is 0 Å². The standard InChI is InChI=1S/C5HCl7/c6-2(4(8)9)1-3(7)5(10,11)12/h1H. The van der Waals surface area contributed by atoms with E-state index in [4.69, 9.17) is 81.2 Å². The molecule has 0 radical (unpaired) electrons. The second-order valence-electron chi connectivity index (χ2n) is 1.60. The van der Waals surface area contributed by atoms with Crippen LogP contribution in [-0.2, 0) is 0 Å². The molecule has 0 unspecified atom stereocenters. The molecule has 0 bridgehead atoms. The molecule has 0 aliphatic rings. The number of allylic oxidation sites excluding steroid dienone is 3. The maximum Gasteiger partial charge on any atom is 0.226 e. The Morgan fingerprint density at radius 2 is 1.33 bits per heavy atom. The molecule has 0 aromatic rings. The van der Waals surface area contributed by atoms with E-state index in [0.29, 0.717) is 0 Å². The van der Waals surface area contributed by atoms with E-state index in [1.807, 2.05) is 0 Å². The second kappa shape index (κ2) is 5.41. The van der Waals surface area contributed by atoms with Crippen LogP contribution in [0.3, 0.4) is 0 Å². The normalized spacial score (nSPS) is 13.1. The predicted molar refractivity (Wildman–Crippen MR) is 58.8 cm³/mol. The van der Waals surface area contributed by atoms with Gasteiger partial charge in [-0.05, 0) is 6.08 Å². The lowest BCUT2D eigenvalue weighted by Crippen LogP contribution is -2.01. The van der Waals surface area contributed by atoms with Gasteiger partial charge in [-0.2, -0.15) is 0 Å². The molecular formula is C5HCl7. The molecule has 0 amide bonds. The van der Waals surface area contributed by atoms with E-state index in [1.165, 1.54) is 0 Å². The zero-order valence-corrected chi connectivity index (χ0v) is 10.5.